The number of hydrogen-bond donors (Lipinski definition) is 1. The average molecular weight is 442 g/mol. The van der Waals surface area contributed by atoms with Crippen LogP contribution in [0.1, 0.15) is 62.3 Å². The van der Waals surface area contributed by atoms with Crippen molar-refractivity contribution in [3.63, 3.8) is 0 Å². The van der Waals surface area contributed by atoms with Crippen LogP contribution in [0.4, 0.5) is 10.6 Å². The summed E-state index contributed by atoms with van der Waals surface area (Å²) in [6.45, 7) is 8.35. The number of ether oxygens (including phenoxy) is 1. The number of nitrogens with one attached hydrogen (secondary N) is 1. The van der Waals surface area contributed by atoms with E-state index in [0.29, 0.717) is 25.4 Å². The van der Waals surface area contributed by atoms with Gasteiger partial charge in [-0.2, -0.15) is 5.10 Å². The monoisotopic (exact) mass is 441 g/mol. The number of furan rings is 1. The Hall–Kier alpha value is -3.10. The van der Waals surface area contributed by atoms with Crippen molar-refractivity contribution >= 4 is 17.8 Å². The van der Waals surface area contributed by atoms with Crippen LogP contribution in [-0.2, 0) is 4.74 Å². The van der Waals surface area contributed by atoms with E-state index >= 15 is 0 Å². The fraction of sp³-hybridized carbons (Fsp3) is 0.565. The van der Waals surface area contributed by atoms with E-state index in [9.17, 15) is 9.59 Å². The average Bonchev–Trinajstić information content (AvgIpc) is 3.43. The maximum atomic E-state index is 12.7. The predicted octanol–water partition coefficient (Wildman–Crippen LogP) is 3.19. The van der Waals surface area contributed by atoms with Gasteiger partial charge in [-0.3, -0.25) is 4.79 Å². The Kier molecular flexibility index (Phi) is 6.34. The number of carbonyl (C=O) groups is 2. The Morgan fingerprint density at radius 1 is 1.12 bits per heavy atom. The highest BCUT2D eigenvalue weighted by molar-refractivity contribution is 5.91. The molecule has 4 rings (SSSR count). The number of likely N-dealkylation sites (tertiary alicyclic amines) is 1. The lowest BCUT2D eigenvalue weighted by atomic mass is 9.95. The SMILES string of the molecule is CC(C)(C)OC(=O)N1CCC(c2ccc(C(=O)N[C@H]3CCN(c4cccnn4)C3)o2)CC1. The lowest BCUT2D eigenvalue weighted by Gasteiger charge is -2.32. The predicted molar refractivity (Wildman–Crippen MR) is 119 cm³/mol. The minimum Gasteiger partial charge on any atom is -0.456 e. The Bertz CT molecular complexity index is 931. The number of rotatable bonds is 4. The summed E-state index contributed by atoms with van der Waals surface area (Å²) in [6, 6.07) is 7.43. The highest BCUT2D eigenvalue weighted by Crippen LogP contribution is 2.30. The van der Waals surface area contributed by atoms with Crippen molar-refractivity contribution in [3.05, 3.63) is 42.0 Å². The molecule has 0 radical (unpaired) electrons. The summed E-state index contributed by atoms with van der Waals surface area (Å²) in [5.41, 5.74) is -0.498. The van der Waals surface area contributed by atoms with Crippen molar-refractivity contribution in [2.45, 2.75) is 57.6 Å². The third-order valence-electron chi connectivity index (χ3n) is 5.81. The van der Waals surface area contributed by atoms with Gasteiger partial charge in [-0.1, -0.05) is 0 Å². The Morgan fingerprint density at radius 3 is 2.59 bits per heavy atom. The van der Waals surface area contributed by atoms with Gasteiger partial charge < -0.3 is 24.3 Å². The van der Waals surface area contributed by atoms with E-state index < -0.39 is 5.60 Å². The van der Waals surface area contributed by atoms with Crippen LogP contribution in [-0.4, -0.2) is 64.9 Å². The number of carbonyl (C=O) groups excluding carboxylic acids is 2. The molecular weight excluding hydrogens is 410 g/mol. The van der Waals surface area contributed by atoms with Crippen LogP contribution in [0.25, 0.3) is 0 Å². The van der Waals surface area contributed by atoms with E-state index in [1.54, 1.807) is 17.2 Å². The van der Waals surface area contributed by atoms with Crippen LogP contribution in [0.5, 0.6) is 0 Å². The molecule has 4 heterocycles. The molecule has 2 fully saturated rings. The zero-order chi connectivity index (χ0) is 22.7. The smallest absolute Gasteiger partial charge is 0.410 e. The zero-order valence-corrected chi connectivity index (χ0v) is 18.9. The van der Waals surface area contributed by atoms with Crippen molar-refractivity contribution in [1.82, 2.24) is 20.4 Å². The van der Waals surface area contributed by atoms with Gasteiger partial charge in [0.25, 0.3) is 5.91 Å². The fourth-order valence-corrected chi connectivity index (χ4v) is 4.17. The van der Waals surface area contributed by atoms with Gasteiger partial charge in [0.2, 0.25) is 0 Å². The van der Waals surface area contributed by atoms with Gasteiger partial charge in [0.05, 0.1) is 0 Å². The van der Waals surface area contributed by atoms with Crippen molar-refractivity contribution in [2.24, 2.45) is 0 Å². The van der Waals surface area contributed by atoms with Crippen LogP contribution in [0, 0.1) is 0 Å². The van der Waals surface area contributed by atoms with Gasteiger partial charge in [-0.25, -0.2) is 4.79 Å². The Morgan fingerprint density at radius 2 is 1.91 bits per heavy atom. The Balaban J connectivity index is 1.27. The fourth-order valence-electron chi connectivity index (χ4n) is 4.17. The first-order valence-electron chi connectivity index (χ1n) is 11.2. The van der Waals surface area contributed by atoms with Crippen LogP contribution >= 0.6 is 0 Å². The molecule has 0 unspecified atom stereocenters. The first-order valence-corrected chi connectivity index (χ1v) is 11.2. The molecule has 0 aliphatic carbocycles. The van der Waals surface area contributed by atoms with Gasteiger partial charge in [-0.05, 0) is 64.3 Å². The maximum absolute atomic E-state index is 12.7. The second kappa shape index (κ2) is 9.18. The van der Waals surface area contributed by atoms with Gasteiger partial charge in [-0.15, -0.1) is 5.10 Å². The summed E-state index contributed by atoms with van der Waals surface area (Å²) >= 11 is 0. The van der Waals surface area contributed by atoms with E-state index in [0.717, 1.165) is 37.4 Å². The number of nitrogens with zero attached hydrogens (tertiary/aromatic N) is 4. The summed E-state index contributed by atoms with van der Waals surface area (Å²) in [4.78, 5) is 28.8. The summed E-state index contributed by atoms with van der Waals surface area (Å²) in [6.07, 6.45) is 3.78. The standard InChI is InChI=1S/C23H31N5O4/c1-23(2,3)32-22(30)27-12-8-16(9-13-27)18-6-7-19(31-18)21(29)25-17-10-14-28(15-17)20-5-4-11-24-26-20/h4-7,11,16-17H,8-10,12-15H2,1-3H3,(H,25,29)/t17-/m0/s1. The number of aromatic nitrogens is 2. The number of amides is 2. The molecule has 9 heteroatoms. The van der Waals surface area contributed by atoms with Gasteiger partial charge in [0.1, 0.15) is 11.4 Å². The molecular formula is C23H31N5O4. The van der Waals surface area contributed by atoms with Crippen LogP contribution < -0.4 is 10.2 Å². The summed E-state index contributed by atoms with van der Waals surface area (Å²) in [5, 5.41) is 11.1. The van der Waals surface area contributed by atoms with Crippen molar-refractivity contribution in [2.75, 3.05) is 31.1 Å². The summed E-state index contributed by atoms with van der Waals surface area (Å²) < 4.78 is 11.4. The molecule has 0 spiro atoms. The molecule has 1 N–H and O–H groups in total. The molecule has 2 amide bonds. The van der Waals surface area contributed by atoms with Gasteiger partial charge in [0, 0.05) is 44.3 Å². The molecule has 0 saturated carbocycles. The topological polar surface area (TPSA) is 101 Å². The molecule has 2 aromatic heterocycles. The molecule has 2 saturated heterocycles. The van der Waals surface area contributed by atoms with E-state index in [2.05, 4.69) is 20.4 Å². The lowest BCUT2D eigenvalue weighted by Crippen LogP contribution is -2.41. The molecule has 1 atom stereocenters. The normalized spacial score (nSPS) is 19.8. The first kappa shape index (κ1) is 22.1. The number of piperidine rings is 1. The molecule has 32 heavy (non-hydrogen) atoms. The number of anilines is 1. The second-order valence-corrected chi connectivity index (χ2v) is 9.43. The maximum Gasteiger partial charge on any atom is 0.410 e. The van der Waals surface area contributed by atoms with Crippen molar-refractivity contribution in [3.8, 4) is 0 Å². The molecule has 9 nitrogen and oxygen atoms in total. The van der Waals surface area contributed by atoms with E-state index in [-0.39, 0.29) is 24.0 Å². The first-order chi connectivity index (χ1) is 15.3. The van der Waals surface area contributed by atoms with E-state index in [1.807, 2.05) is 39.0 Å². The minimum absolute atomic E-state index is 0.0372. The van der Waals surface area contributed by atoms with Gasteiger partial charge >= 0.3 is 6.09 Å². The highest BCUT2D eigenvalue weighted by Gasteiger charge is 2.30. The molecule has 0 aromatic carbocycles. The highest BCUT2D eigenvalue weighted by atomic mass is 16.6. The molecule has 0 bridgehead atoms. The largest absolute Gasteiger partial charge is 0.456 e. The third-order valence-corrected chi connectivity index (χ3v) is 5.81. The summed E-state index contributed by atoms with van der Waals surface area (Å²) in [5.74, 6) is 1.93. The second-order valence-electron chi connectivity index (χ2n) is 9.43. The van der Waals surface area contributed by atoms with Crippen LogP contribution in [0.15, 0.2) is 34.9 Å². The quantitative estimate of drug-likeness (QED) is 0.777. The lowest BCUT2D eigenvalue weighted by molar-refractivity contribution is 0.0200. The number of hydrogen-bond acceptors (Lipinski definition) is 7. The van der Waals surface area contributed by atoms with Crippen LogP contribution in [0.3, 0.4) is 0 Å². The summed E-state index contributed by atoms with van der Waals surface area (Å²) in [7, 11) is 0. The zero-order valence-electron chi connectivity index (χ0n) is 18.9. The van der Waals surface area contributed by atoms with Crippen molar-refractivity contribution < 1.29 is 18.7 Å². The van der Waals surface area contributed by atoms with Gasteiger partial charge in [0.15, 0.2) is 11.6 Å². The molecule has 2 aromatic rings. The molecule has 2 aliphatic heterocycles. The molecule has 172 valence electrons. The van der Waals surface area contributed by atoms with E-state index in [4.69, 9.17) is 9.15 Å². The molecule has 2 aliphatic rings. The van der Waals surface area contributed by atoms with Crippen LogP contribution in [0.2, 0.25) is 0 Å². The Labute approximate surface area is 188 Å². The van der Waals surface area contributed by atoms with Crippen molar-refractivity contribution in [1.29, 1.82) is 0 Å². The van der Waals surface area contributed by atoms with E-state index in [1.165, 1.54) is 0 Å². The third kappa shape index (κ3) is 5.38. The minimum atomic E-state index is -0.498.